The first kappa shape index (κ1) is 16.8. The Bertz CT molecular complexity index is 1520. The summed E-state index contributed by atoms with van der Waals surface area (Å²) in [5, 5.41) is 10.6. The molecule has 6 aromatic rings. The molecule has 0 saturated carbocycles. The van der Waals surface area contributed by atoms with Crippen LogP contribution in [-0.2, 0) is 0 Å². The van der Waals surface area contributed by atoms with Crippen molar-refractivity contribution in [2.45, 2.75) is 9.79 Å². The van der Waals surface area contributed by atoms with Gasteiger partial charge in [0, 0.05) is 20.9 Å². The van der Waals surface area contributed by atoms with Crippen LogP contribution in [0.3, 0.4) is 0 Å². The summed E-state index contributed by atoms with van der Waals surface area (Å²) in [6, 6.07) is 35.8. The Morgan fingerprint density at radius 1 is 0.367 bits per heavy atom. The van der Waals surface area contributed by atoms with Crippen molar-refractivity contribution in [2.24, 2.45) is 0 Å². The van der Waals surface area contributed by atoms with Crippen LogP contribution >= 0.6 is 21.6 Å². The van der Waals surface area contributed by atoms with E-state index in [1.807, 2.05) is 21.6 Å². The van der Waals surface area contributed by atoms with Crippen molar-refractivity contribution < 1.29 is 0 Å². The fourth-order valence-electron chi connectivity index (χ4n) is 4.88. The highest BCUT2D eigenvalue weighted by Gasteiger charge is 2.24. The second-order valence-electron chi connectivity index (χ2n) is 7.81. The molecule has 0 fully saturated rings. The van der Waals surface area contributed by atoms with Crippen molar-refractivity contribution >= 4 is 64.7 Å². The SMILES string of the molecule is c1ccc2c(c1)ccc1ccc3c(c12)-c1c(ccc2ccc4ccccc4c12)SS3. The van der Waals surface area contributed by atoms with E-state index >= 15 is 0 Å². The predicted octanol–water partition coefficient (Wildman–Crippen LogP) is 9.08. The van der Waals surface area contributed by atoms with E-state index in [1.165, 1.54) is 64.0 Å². The zero-order valence-electron chi connectivity index (χ0n) is 16.1. The summed E-state index contributed by atoms with van der Waals surface area (Å²) < 4.78 is 0. The van der Waals surface area contributed by atoms with Gasteiger partial charge in [-0.1, -0.05) is 107 Å². The Kier molecular flexibility index (Phi) is 3.52. The molecule has 1 aliphatic heterocycles. The largest absolute Gasteiger partial charge is 0.0616 e. The highest BCUT2D eigenvalue weighted by molar-refractivity contribution is 8.76. The zero-order chi connectivity index (χ0) is 19.7. The average molecular weight is 417 g/mol. The van der Waals surface area contributed by atoms with Crippen LogP contribution in [0.1, 0.15) is 0 Å². The molecule has 1 heterocycles. The van der Waals surface area contributed by atoms with Crippen LogP contribution in [0, 0.1) is 0 Å². The highest BCUT2D eigenvalue weighted by atomic mass is 33.1. The van der Waals surface area contributed by atoms with Gasteiger partial charge in [0.15, 0.2) is 0 Å². The number of hydrogen-bond acceptors (Lipinski definition) is 2. The molecule has 6 aromatic carbocycles. The van der Waals surface area contributed by atoms with E-state index in [4.69, 9.17) is 0 Å². The number of fused-ring (bicyclic) bond motifs is 11. The monoisotopic (exact) mass is 416 g/mol. The van der Waals surface area contributed by atoms with Crippen LogP contribution < -0.4 is 0 Å². The van der Waals surface area contributed by atoms with Gasteiger partial charge in [-0.2, -0.15) is 0 Å². The fraction of sp³-hybridized carbons (Fsp3) is 0. The van der Waals surface area contributed by atoms with E-state index < -0.39 is 0 Å². The minimum atomic E-state index is 1.30. The molecule has 7 rings (SSSR count). The molecule has 0 saturated heterocycles. The van der Waals surface area contributed by atoms with E-state index in [9.17, 15) is 0 Å². The standard InChI is InChI=1S/C28H16S2/c1-3-7-21-17(5-1)9-11-19-13-15-23-27(25(19)21)28-24(30-29-23)16-14-20-12-10-18-6-2-4-8-22(18)26(20)28/h1-16H. The Morgan fingerprint density at radius 3 is 1.27 bits per heavy atom. The van der Waals surface area contributed by atoms with Crippen LogP contribution in [0.15, 0.2) is 107 Å². The van der Waals surface area contributed by atoms with Gasteiger partial charge in [-0.05, 0) is 55.2 Å². The molecule has 140 valence electrons. The lowest BCUT2D eigenvalue weighted by atomic mass is 9.89. The van der Waals surface area contributed by atoms with Gasteiger partial charge in [-0.15, -0.1) is 0 Å². The van der Waals surface area contributed by atoms with Gasteiger partial charge < -0.3 is 0 Å². The quantitative estimate of drug-likeness (QED) is 0.179. The van der Waals surface area contributed by atoms with E-state index in [0.29, 0.717) is 0 Å². The zero-order valence-corrected chi connectivity index (χ0v) is 17.7. The van der Waals surface area contributed by atoms with Crippen LogP contribution in [0.4, 0.5) is 0 Å². The van der Waals surface area contributed by atoms with E-state index in [0.717, 1.165) is 0 Å². The first-order valence-electron chi connectivity index (χ1n) is 10.1. The van der Waals surface area contributed by atoms with Crippen molar-refractivity contribution in [1.29, 1.82) is 0 Å². The van der Waals surface area contributed by atoms with Crippen molar-refractivity contribution in [2.75, 3.05) is 0 Å². The molecular formula is C28H16S2. The smallest absolute Gasteiger partial charge is 0.0272 e. The van der Waals surface area contributed by atoms with Crippen LogP contribution in [0.2, 0.25) is 0 Å². The maximum absolute atomic E-state index is 2.30. The molecule has 0 N–H and O–H groups in total. The van der Waals surface area contributed by atoms with Crippen LogP contribution in [0.5, 0.6) is 0 Å². The summed E-state index contributed by atoms with van der Waals surface area (Å²) in [4.78, 5) is 2.72. The van der Waals surface area contributed by atoms with Gasteiger partial charge in [0.25, 0.3) is 0 Å². The minimum Gasteiger partial charge on any atom is -0.0616 e. The molecule has 1 aliphatic rings. The van der Waals surface area contributed by atoms with E-state index in [2.05, 4.69) is 97.1 Å². The molecule has 0 nitrogen and oxygen atoms in total. The molecule has 30 heavy (non-hydrogen) atoms. The molecule has 2 heteroatoms. The van der Waals surface area contributed by atoms with Gasteiger partial charge >= 0.3 is 0 Å². The molecule has 0 unspecified atom stereocenters. The third kappa shape index (κ3) is 2.26. The molecule has 0 aliphatic carbocycles. The maximum atomic E-state index is 2.30. The lowest BCUT2D eigenvalue weighted by Gasteiger charge is -2.24. The molecule has 0 aromatic heterocycles. The van der Waals surface area contributed by atoms with Crippen LogP contribution in [0.25, 0.3) is 54.2 Å². The maximum Gasteiger partial charge on any atom is 0.0272 e. The van der Waals surface area contributed by atoms with Gasteiger partial charge in [-0.3, -0.25) is 0 Å². The fourth-order valence-corrected chi connectivity index (χ4v) is 7.26. The van der Waals surface area contributed by atoms with Gasteiger partial charge in [0.05, 0.1) is 0 Å². The van der Waals surface area contributed by atoms with Gasteiger partial charge in [0.1, 0.15) is 0 Å². The first-order chi connectivity index (χ1) is 14.9. The summed E-state index contributed by atoms with van der Waals surface area (Å²) in [6.07, 6.45) is 0. The Labute approximate surface area is 182 Å². The Hall–Kier alpha value is -2.94. The second kappa shape index (κ2) is 6.28. The van der Waals surface area contributed by atoms with Crippen molar-refractivity contribution in [3.05, 3.63) is 97.1 Å². The predicted molar refractivity (Wildman–Crippen MR) is 134 cm³/mol. The number of rotatable bonds is 0. The highest BCUT2D eigenvalue weighted by Crippen LogP contribution is 2.56. The van der Waals surface area contributed by atoms with Gasteiger partial charge in [-0.25, -0.2) is 0 Å². The molecule has 0 bridgehead atoms. The number of benzene rings is 6. The topological polar surface area (TPSA) is 0 Å². The average Bonchev–Trinajstić information content (AvgIpc) is 2.82. The molecule has 0 amide bonds. The van der Waals surface area contributed by atoms with Gasteiger partial charge in [0.2, 0.25) is 0 Å². The second-order valence-corrected chi connectivity index (χ2v) is 10.0. The van der Waals surface area contributed by atoms with E-state index in [1.54, 1.807) is 0 Å². The summed E-state index contributed by atoms with van der Waals surface area (Å²) in [5.41, 5.74) is 2.79. The first-order valence-corrected chi connectivity index (χ1v) is 12.3. The molecule has 0 spiro atoms. The lowest BCUT2D eigenvalue weighted by Crippen LogP contribution is -1.94. The number of hydrogen-bond donors (Lipinski definition) is 0. The normalized spacial score (nSPS) is 13.1. The summed E-state index contributed by atoms with van der Waals surface area (Å²) in [6.45, 7) is 0. The Balaban J connectivity index is 1.77. The minimum absolute atomic E-state index is 1.30. The van der Waals surface area contributed by atoms with Crippen molar-refractivity contribution in [3.8, 4) is 11.1 Å². The summed E-state index contributed by atoms with van der Waals surface area (Å²) in [5.74, 6) is 0. The van der Waals surface area contributed by atoms with Crippen molar-refractivity contribution in [1.82, 2.24) is 0 Å². The molecule has 0 radical (unpaired) electrons. The third-order valence-electron chi connectivity index (χ3n) is 6.22. The molecular weight excluding hydrogens is 400 g/mol. The molecule has 0 atom stereocenters. The lowest BCUT2D eigenvalue weighted by molar-refractivity contribution is 1.43. The summed E-state index contributed by atoms with van der Waals surface area (Å²) in [7, 11) is 3.77. The Morgan fingerprint density at radius 2 is 0.767 bits per heavy atom. The summed E-state index contributed by atoms with van der Waals surface area (Å²) >= 11 is 0. The van der Waals surface area contributed by atoms with E-state index in [-0.39, 0.29) is 0 Å². The van der Waals surface area contributed by atoms with Crippen molar-refractivity contribution in [3.63, 3.8) is 0 Å². The van der Waals surface area contributed by atoms with Crippen LogP contribution in [-0.4, -0.2) is 0 Å². The third-order valence-corrected chi connectivity index (χ3v) is 8.67.